The van der Waals surface area contributed by atoms with Crippen molar-refractivity contribution in [3.05, 3.63) is 47.6 Å². The molecule has 1 amide bonds. The van der Waals surface area contributed by atoms with Crippen LogP contribution in [0.5, 0.6) is 5.75 Å². The quantitative estimate of drug-likeness (QED) is 0.433. The van der Waals surface area contributed by atoms with Gasteiger partial charge in [0.05, 0.1) is 17.3 Å². The highest BCUT2D eigenvalue weighted by atomic mass is 35.5. The van der Waals surface area contributed by atoms with Gasteiger partial charge in [0.15, 0.2) is 0 Å². The van der Waals surface area contributed by atoms with Crippen molar-refractivity contribution in [2.45, 2.75) is 35.6 Å². The topological polar surface area (TPSA) is 88.6 Å². The molecule has 0 radical (unpaired) electrons. The summed E-state index contributed by atoms with van der Waals surface area (Å²) in [5.74, 6) is 0.729. The largest absolute Gasteiger partial charge is 0.492 e. The molecule has 0 saturated carbocycles. The third-order valence-electron chi connectivity index (χ3n) is 4.77. The molecule has 1 saturated heterocycles. The third-order valence-corrected chi connectivity index (χ3v) is 7.85. The van der Waals surface area contributed by atoms with E-state index >= 15 is 0 Å². The number of rotatable bonds is 9. The average Bonchev–Trinajstić information content (AvgIpc) is 3.07. The van der Waals surface area contributed by atoms with Crippen LogP contribution in [0.3, 0.4) is 0 Å². The minimum Gasteiger partial charge on any atom is -0.492 e. The summed E-state index contributed by atoms with van der Waals surface area (Å²) < 4.78 is 32.6. The molecule has 0 spiro atoms. The first-order valence-corrected chi connectivity index (χ1v) is 13.0. The predicted molar refractivity (Wildman–Crippen MR) is 122 cm³/mol. The number of thioether (sulfide) groups is 1. The van der Waals surface area contributed by atoms with Crippen LogP contribution >= 0.6 is 23.4 Å². The van der Waals surface area contributed by atoms with Crippen molar-refractivity contribution in [1.29, 1.82) is 0 Å². The van der Waals surface area contributed by atoms with Crippen LogP contribution in [0.1, 0.15) is 25.7 Å². The Hall–Kier alpha value is -1.81. The number of carbonyl (C=O) groups excluding carboxylic acids is 1. The third kappa shape index (κ3) is 7.38. The Morgan fingerprint density at radius 1 is 1.10 bits per heavy atom. The number of aromatic nitrogens is 1. The summed E-state index contributed by atoms with van der Waals surface area (Å²) in [4.78, 5) is 16.4. The van der Waals surface area contributed by atoms with Gasteiger partial charge in [0, 0.05) is 24.3 Å². The summed E-state index contributed by atoms with van der Waals surface area (Å²) >= 11 is 7.08. The SMILES string of the molecule is O=C(CSc1ccc(S(=O)(=O)N2CCCCCC2)cn1)NCCOc1ccc(Cl)cc1. The molecular weight excluding hydrogens is 458 g/mol. The number of amides is 1. The van der Waals surface area contributed by atoms with Crippen molar-refractivity contribution in [2.75, 3.05) is 32.0 Å². The van der Waals surface area contributed by atoms with Gasteiger partial charge in [-0.3, -0.25) is 4.79 Å². The van der Waals surface area contributed by atoms with E-state index < -0.39 is 10.0 Å². The molecule has 10 heteroatoms. The first kappa shape index (κ1) is 23.8. The van der Waals surface area contributed by atoms with Crippen LogP contribution in [0.4, 0.5) is 0 Å². The second-order valence-corrected chi connectivity index (χ2v) is 10.5. The van der Waals surface area contributed by atoms with E-state index in [-0.39, 0.29) is 16.6 Å². The fraction of sp³-hybridized carbons (Fsp3) is 0.429. The first-order valence-electron chi connectivity index (χ1n) is 10.2. The van der Waals surface area contributed by atoms with E-state index in [9.17, 15) is 13.2 Å². The standard InChI is InChI=1S/C21H26ClN3O4S2/c22-17-5-7-18(8-6-17)29-14-11-23-20(26)16-30-21-10-9-19(15-24-21)31(27,28)25-12-3-1-2-4-13-25/h5-10,15H,1-4,11-14,16H2,(H,23,26). The zero-order valence-corrected chi connectivity index (χ0v) is 19.5. The highest BCUT2D eigenvalue weighted by Crippen LogP contribution is 2.22. The number of hydrogen-bond donors (Lipinski definition) is 1. The second kappa shape index (κ2) is 11.7. The van der Waals surface area contributed by atoms with E-state index in [1.807, 2.05) is 0 Å². The van der Waals surface area contributed by atoms with E-state index in [4.69, 9.17) is 16.3 Å². The minimum atomic E-state index is -3.51. The van der Waals surface area contributed by atoms with Gasteiger partial charge in [-0.25, -0.2) is 13.4 Å². The average molecular weight is 484 g/mol. The normalized spacial score (nSPS) is 15.3. The lowest BCUT2D eigenvalue weighted by molar-refractivity contribution is -0.118. The number of carbonyl (C=O) groups is 1. The van der Waals surface area contributed by atoms with Crippen LogP contribution in [0.25, 0.3) is 0 Å². The van der Waals surface area contributed by atoms with E-state index in [2.05, 4.69) is 10.3 Å². The molecule has 1 N–H and O–H groups in total. The van der Waals surface area contributed by atoms with Crippen LogP contribution in [-0.4, -0.2) is 55.6 Å². The van der Waals surface area contributed by atoms with Gasteiger partial charge in [-0.1, -0.05) is 36.2 Å². The number of halogens is 1. The number of hydrogen-bond acceptors (Lipinski definition) is 6. The van der Waals surface area contributed by atoms with Gasteiger partial charge in [0.25, 0.3) is 0 Å². The van der Waals surface area contributed by atoms with Gasteiger partial charge in [-0.15, -0.1) is 0 Å². The molecule has 2 heterocycles. The first-order chi connectivity index (χ1) is 14.9. The molecule has 0 atom stereocenters. The van der Waals surface area contributed by atoms with Gasteiger partial charge in [0.2, 0.25) is 15.9 Å². The zero-order valence-electron chi connectivity index (χ0n) is 17.1. The molecule has 3 rings (SSSR count). The van der Waals surface area contributed by atoms with Crippen LogP contribution in [-0.2, 0) is 14.8 Å². The van der Waals surface area contributed by atoms with Crippen molar-refractivity contribution in [3.8, 4) is 5.75 Å². The Bertz CT molecular complexity index is 946. The second-order valence-electron chi connectivity index (χ2n) is 7.09. The molecule has 1 aliphatic heterocycles. The Kier molecular flexibility index (Phi) is 9.01. The molecule has 1 fully saturated rings. The fourth-order valence-electron chi connectivity index (χ4n) is 3.12. The molecular formula is C21H26ClN3O4S2. The summed E-state index contributed by atoms with van der Waals surface area (Å²) in [5, 5.41) is 4.02. The molecule has 7 nitrogen and oxygen atoms in total. The van der Waals surface area contributed by atoms with E-state index in [0.29, 0.717) is 42.0 Å². The number of nitrogens with zero attached hydrogens (tertiary/aromatic N) is 2. The monoisotopic (exact) mass is 483 g/mol. The van der Waals surface area contributed by atoms with Crippen molar-refractivity contribution < 1.29 is 17.9 Å². The lowest BCUT2D eigenvalue weighted by atomic mass is 10.2. The molecule has 0 bridgehead atoms. The molecule has 168 valence electrons. The summed E-state index contributed by atoms with van der Waals surface area (Å²) in [6.45, 7) is 1.84. The fourth-order valence-corrected chi connectivity index (χ4v) is 5.38. The number of sulfonamides is 1. The Morgan fingerprint density at radius 2 is 1.81 bits per heavy atom. The van der Waals surface area contributed by atoms with E-state index in [1.54, 1.807) is 40.7 Å². The van der Waals surface area contributed by atoms with Crippen LogP contribution < -0.4 is 10.1 Å². The molecule has 0 aliphatic carbocycles. The smallest absolute Gasteiger partial charge is 0.244 e. The maximum Gasteiger partial charge on any atom is 0.244 e. The van der Waals surface area contributed by atoms with Crippen molar-refractivity contribution >= 4 is 39.3 Å². The highest BCUT2D eigenvalue weighted by molar-refractivity contribution is 7.99. The van der Waals surface area contributed by atoms with Gasteiger partial charge in [-0.05, 0) is 49.2 Å². The number of nitrogens with one attached hydrogen (secondary N) is 1. The minimum absolute atomic E-state index is 0.146. The lowest BCUT2D eigenvalue weighted by Gasteiger charge is -2.19. The zero-order chi connectivity index (χ0) is 22.1. The molecule has 1 aromatic heterocycles. The van der Waals surface area contributed by atoms with E-state index in [1.165, 1.54) is 18.0 Å². The molecule has 31 heavy (non-hydrogen) atoms. The van der Waals surface area contributed by atoms with Crippen molar-refractivity contribution in [3.63, 3.8) is 0 Å². The summed E-state index contributed by atoms with van der Waals surface area (Å²) in [6, 6.07) is 10.2. The number of benzene rings is 1. The van der Waals surface area contributed by atoms with Gasteiger partial charge >= 0.3 is 0 Å². The van der Waals surface area contributed by atoms with Crippen LogP contribution in [0.2, 0.25) is 5.02 Å². The molecule has 1 aliphatic rings. The molecule has 2 aromatic rings. The molecule has 0 unspecified atom stereocenters. The van der Waals surface area contributed by atoms with E-state index in [0.717, 1.165) is 25.7 Å². The van der Waals surface area contributed by atoms with Crippen LogP contribution in [0.15, 0.2) is 52.5 Å². The maximum absolute atomic E-state index is 12.8. The number of ether oxygens (including phenoxy) is 1. The number of pyridine rings is 1. The summed E-state index contributed by atoms with van der Waals surface area (Å²) in [7, 11) is -3.51. The lowest BCUT2D eigenvalue weighted by Crippen LogP contribution is -2.32. The Labute approximate surface area is 192 Å². The molecule has 1 aromatic carbocycles. The highest BCUT2D eigenvalue weighted by Gasteiger charge is 2.25. The summed E-state index contributed by atoms with van der Waals surface area (Å²) in [5.41, 5.74) is 0. The van der Waals surface area contributed by atoms with Gasteiger partial charge in [0.1, 0.15) is 17.3 Å². The summed E-state index contributed by atoms with van der Waals surface area (Å²) in [6.07, 6.45) is 5.28. The van der Waals surface area contributed by atoms with Gasteiger partial charge in [-0.2, -0.15) is 4.31 Å². The Morgan fingerprint density at radius 3 is 2.45 bits per heavy atom. The van der Waals surface area contributed by atoms with Crippen LogP contribution in [0, 0.1) is 0 Å². The predicted octanol–water partition coefficient (Wildman–Crippen LogP) is 3.59. The van der Waals surface area contributed by atoms with Crippen molar-refractivity contribution in [2.24, 2.45) is 0 Å². The van der Waals surface area contributed by atoms with Crippen molar-refractivity contribution in [1.82, 2.24) is 14.6 Å². The van der Waals surface area contributed by atoms with Gasteiger partial charge < -0.3 is 10.1 Å². The maximum atomic E-state index is 12.8. The Balaban J connectivity index is 1.41.